The van der Waals surface area contributed by atoms with E-state index >= 15 is 0 Å². The molecule has 2 heterocycles. The summed E-state index contributed by atoms with van der Waals surface area (Å²) in [5.41, 5.74) is 3.60. The molecule has 0 bridgehead atoms. The molecule has 2 aromatic carbocycles. The van der Waals surface area contributed by atoms with Crippen LogP contribution < -0.4 is 4.72 Å². The highest BCUT2D eigenvalue weighted by Crippen LogP contribution is 2.33. The van der Waals surface area contributed by atoms with Gasteiger partial charge in [-0.25, -0.2) is 18.4 Å². The smallest absolute Gasteiger partial charge is 0.263 e. The van der Waals surface area contributed by atoms with Crippen LogP contribution in [0.3, 0.4) is 0 Å². The molecule has 0 radical (unpaired) electrons. The van der Waals surface area contributed by atoms with E-state index in [4.69, 9.17) is 23.2 Å². The lowest BCUT2D eigenvalue weighted by molar-refractivity contribution is 0.601. The molecule has 4 rings (SSSR count). The first kappa shape index (κ1) is 20.1. The van der Waals surface area contributed by atoms with E-state index in [9.17, 15) is 8.42 Å². The fraction of sp³-hybridized carbons (Fsp3) is 0.100. The van der Waals surface area contributed by atoms with Crippen molar-refractivity contribution in [3.05, 3.63) is 69.8 Å². The maximum atomic E-state index is 12.9. The summed E-state index contributed by atoms with van der Waals surface area (Å²) in [5, 5.41) is 1.32. The Morgan fingerprint density at radius 1 is 1.00 bits per heavy atom. The molecule has 148 valence electrons. The summed E-state index contributed by atoms with van der Waals surface area (Å²) in [4.78, 5) is 9.75. The van der Waals surface area contributed by atoms with Crippen LogP contribution in [-0.4, -0.2) is 18.4 Å². The molecule has 0 saturated heterocycles. The fourth-order valence-corrected chi connectivity index (χ4v) is 5.71. The minimum atomic E-state index is -3.87. The predicted octanol–water partition coefficient (Wildman–Crippen LogP) is 6.08. The lowest BCUT2D eigenvalue weighted by atomic mass is 10.1. The second-order valence-electron chi connectivity index (χ2n) is 6.51. The Morgan fingerprint density at radius 3 is 2.52 bits per heavy atom. The molecule has 0 aliphatic rings. The average Bonchev–Trinajstić information content (AvgIpc) is 3.10. The van der Waals surface area contributed by atoms with Crippen molar-refractivity contribution in [2.75, 3.05) is 4.72 Å². The second kappa shape index (κ2) is 7.57. The fourth-order valence-electron chi connectivity index (χ4n) is 2.84. The number of rotatable bonds is 4. The minimum absolute atomic E-state index is 0.0122. The monoisotopic (exact) mass is 463 g/mol. The lowest BCUT2D eigenvalue weighted by Gasteiger charge is -2.13. The first-order chi connectivity index (χ1) is 13.7. The Hall–Kier alpha value is -2.19. The van der Waals surface area contributed by atoms with Gasteiger partial charge in [-0.2, -0.15) is 0 Å². The summed E-state index contributed by atoms with van der Waals surface area (Å²) < 4.78 is 28.3. The number of nitrogens with one attached hydrogen (secondary N) is 1. The number of halogens is 2. The zero-order valence-electron chi connectivity index (χ0n) is 15.4. The van der Waals surface area contributed by atoms with Gasteiger partial charge in [-0.05, 0) is 67.4 Å². The molecule has 0 atom stereocenters. The number of aryl methyl sites for hydroxylation is 2. The molecule has 0 saturated carbocycles. The van der Waals surface area contributed by atoms with E-state index in [-0.39, 0.29) is 9.92 Å². The number of hydrogen-bond acceptors (Lipinski definition) is 5. The van der Waals surface area contributed by atoms with Gasteiger partial charge in [0.25, 0.3) is 10.0 Å². The van der Waals surface area contributed by atoms with Crippen LogP contribution in [0.1, 0.15) is 11.1 Å². The molecule has 1 N–H and O–H groups in total. The Balaban J connectivity index is 1.67. The Bertz CT molecular complexity index is 1320. The quantitative estimate of drug-likeness (QED) is 0.397. The standard InChI is InChI=1S/C20H15Cl2N3O2S2/c1-11-9-18(15(22)10-14(11)21)29(26,27)25-16-6-5-13(8-12(16)2)19-24-17-4-3-7-23-20(17)28-19/h3-10,25H,1-2H3. The summed E-state index contributed by atoms with van der Waals surface area (Å²) in [5.74, 6) is 0. The number of pyridine rings is 1. The third kappa shape index (κ3) is 3.96. The number of thiazole rings is 1. The molecule has 5 nitrogen and oxygen atoms in total. The van der Waals surface area contributed by atoms with Gasteiger partial charge in [-0.15, -0.1) is 0 Å². The van der Waals surface area contributed by atoms with Crippen molar-refractivity contribution in [1.29, 1.82) is 0 Å². The topological polar surface area (TPSA) is 72.0 Å². The number of benzene rings is 2. The highest BCUT2D eigenvalue weighted by Gasteiger charge is 2.20. The van der Waals surface area contributed by atoms with E-state index in [0.29, 0.717) is 16.3 Å². The summed E-state index contributed by atoms with van der Waals surface area (Å²) in [6, 6.07) is 12.1. The number of nitrogens with zero attached hydrogens (tertiary/aromatic N) is 2. The van der Waals surface area contributed by atoms with Crippen molar-refractivity contribution in [1.82, 2.24) is 9.97 Å². The summed E-state index contributed by atoms with van der Waals surface area (Å²) in [6.07, 6.45) is 1.73. The van der Waals surface area contributed by atoms with Crippen LogP contribution in [0.4, 0.5) is 5.69 Å². The zero-order chi connectivity index (χ0) is 20.8. The third-order valence-electron chi connectivity index (χ3n) is 4.39. The molecular weight excluding hydrogens is 449 g/mol. The van der Waals surface area contributed by atoms with Crippen LogP contribution in [-0.2, 0) is 10.0 Å². The SMILES string of the molecule is Cc1cc(S(=O)(=O)Nc2ccc(-c3nc4cccnc4s3)cc2C)c(Cl)cc1Cl. The minimum Gasteiger partial charge on any atom is -0.279 e. The number of anilines is 1. The summed E-state index contributed by atoms with van der Waals surface area (Å²) in [6.45, 7) is 3.56. The molecule has 0 unspecified atom stereocenters. The number of aromatic nitrogens is 2. The Labute approximate surface area is 182 Å². The van der Waals surface area contributed by atoms with Gasteiger partial charge in [0, 0.05) is 16.8 Å². The van der Waals surface area contributed by atoms with Gasteiger partial charge < -0.3 is 0 Å². The molecule has 0 fully saturated rings. The van der Waals surface area contributed by atoms with Crippen LogP contribution >= 0.6 is 34.5 Å². The first-order valence-electron chi connectivity index (χ1n) is 8.55. The van der Waals surface area contributed by atoms with E-state index in [1.54, 1.807) is 19.2 Å². The maximum Gasteiger partial charge on any atom is 0.263 e. The zero-order valence-corrected chi connectivity index (χ0v) is 18.5. The number of sulfonamides is 1. The van der Waals surface area contributed by atoms with E-state index in [1.165, 1.54) is 23.5 Å². The lowest BCUT2D eigenvalue weighted by Crippen LogP contribution is -2.14. The van der Waals surface area contributed by atoms with E-state index < -0.39 is 10.0 Å². The second-order valence-corrected chi connectivity index (χ2v) is 9.96. The molecule has 29 heavy (non-hydrogen) atoms. The van der Waals surface area contributed by atoms with Crippen molar-refractivity contribution in [3.8, 4) is 10.6 Å². The van der Waals surface area contributed by atoms with Gasteiger partial charge in [0.2, 0.25) is 0 Å². The first-order valence-corrected chi connectivity index (χ1v) is 11.6. The van der Waals surface area contributed by atoms with Crippen molar-refractivity contribution in [2.45, 2.75) is 18.7 Å². The van der Waals surface area contributed by atoms with Gasteiger partial charge >= 0.3 is 0 Å². The van der Waals surface area contributed by atoms with Gasteiger partial charge in [0.05, 0.1) is 10.7 Å². The average molecular weight is 464 g/mol. The Morgan fingerprint density at radius 2 is 1.79 bits per heavy atom. The highest BCUT2D eigenvalue weighted by atomic mass is 35.5. The summed E-state index contributed by atoms with van der Waals surface area (Å²) >= 11 is 13.6. The molecule has 0 aliphatic heterocycles. The van der Waals surface area contributed by atoms with Gasteiger partial charge in [-0.3, -0.25) is 4.72 Å². The largest absolute Gasteiger partial charge is 0.279 e. The molecule has 0 amide bonds. The maximum absolute atomic E-state index is 12.9. The number of fused-ring (bicyclic) bond motifs is 1. The van der Waals surface area contributed by atoms with Crippen LogP contribution in [0.25, 0.3) is 20.9 Å². The van der Waals surface area contributed by atoms with E-state index in [1.807, 2.05) is 31.2 Å². The van der Waals surface area contributed by atoms with Crippen molar-refractivity contribution in [3.63, 3.8) is 0 Å². The number of hydrogen-bond donors (Lipinski definition) is 1. The van der Waals surface area contributed by atoms with Crippen LogP contribution in [0.2, 0.25) is 10.0 Å². The molecule has 0 spiro atoms. The van der Waals surface area contributed by atoms with Crippen LogP contribution in [0.15, 0.2) is 53.6 Å². The molecule has 2 aromatic heterocycles. The molecule has 9 heteroatoms. The molecular formula is C20H15Cl2N3O2S2. The van der Waals surface area contributed by atoms with Crippen molar-refractivity contribution in [2.24, 2.45) is 0 Å². The predicted molar refractivity (Wildman–Crippen MR) is 120 cm³/mol. The van der Waals surface area contributed by atoms with E-state index in [0.717, 1.165) is 26.5 Å². The molecule has 0 aliphatic carbocycles. The van der Waals surface area contributed by atoms with Gasteiger partial charge in [-0.1, -0.05) is 34.5 Å². The normalized spacial score (nSPS) is 11.7. The van der Waals surface area contributed by atoms with Gasteiger partial charge in [0.15, 0.2) is 0 Å². The van der Waals surface area contributed by atoms with Gasteiger partial charge in [0.1, 0.15) is 20.3 Å². The van der Waals surface area contributed by atoms with E-state index in [2.05, 4.69) is 14.7 Å². The summed E-state index contributed by atoms with van der Waals surface area (Å²) in [7, 11) is -3.87. The van der Waals surface area contributed by atoms with Crippen molar-refractivity contribution < 1.29 is 8.42 Å². The van der Waals surface area contributed by atoms with Crippen LogP contribution in [0, 0.1) is 13.8 Å². The third-order valence-corrected chi connectivity index (χ3v) is 7.65. The van der Waals surface area contributed by atoms with Crippen LogP contribution in [0.5, 0.6) is 0 Å². The molecule has 4 aromatic rings. The Kier molecular flexibility index (Phi) is 5.25. The highest BCUT2D eigenvalue weighted by molar-refractivity contribution is 7.92. The van der Waals surface area contributed by atoms with Crippen molar-refractivity contribution >= 4 is 60.6 Å².